The Morgan fingerprint density at radius 1 is 1.30 bits per heavy atom. The molecule has 1 rings (SSSR count). The topological polar surface area (TPSA) is 61.4 Å². The third-order valence-corrected chi connectivity index (χ3v) is 5.58. The molecule has 0 amide bonds. The van der Waals surface area contributed by atoms with Crippen molar-refractivity contribution in [1.29, 1.82) is 0 Å². The first-order valence-electron chi connectivity index (χ1n) is 7.71. The van der Waals surface area contributed by atoms with Crippen LogP contribution in [0.4, 0.5) is 0 Å². The van der Waals surface area contributed by atoms with Crippen LogP contribution in [0.2, 0.25) is 0 Å². The van der Waals surface area contributed by atoms with E-state index in [1.54, 1.807) is 7.05 Å². The summed E-state index contributed by atoms with van der Waals surface area (Å²) < 4.78 is 28.7. The van der Waals surface area contributed by atoms with Gasteiger partial charge in [0, 0.05) is 19.6 Å². The lowest BCUT2D eigenvalue weighted by Crippen LogP contribution is -2.43. The summed E-state index contributed by atoms with van der Waals surface area (Å²) in [5, 5.41) is 3.28. The molecule has 0 aromatic rings. The lowest BCUT2D eigenvalue weighted by molar-refractivity contribution is 0.369. The van der Waals surface area contributed by atoms with Crippen molar-refractivity contribution in [1.82, 2.24) is 14.3 Å². The predicted molar refractivity (Wildman–Crippen MR) is 83.9 cm³/mol. The van der Waals surface area contributed by atoms with E-state index in [0.717, 1.165) is 45.2 Å². The summed E-state index contributed by atoms with van der Waals surface area (Å²) in [6, 6.07) is 0.0932. The largest absolute Gasteiger partial charge is 0.317 e. The first kappa shape index (κ1) is 17.9. The summed E-state index contributed by atoms with van der Waals surface area (Å²) in [5.74, 6) is 0. The Kier molecular flexibility index (Phi) is 6.91. The molecule has 20 heavy (non-hydrogen) atoms. The third kappa shape index (κ3) is 6.08. The first-order chi connectivity index (χ1) is 9.27. The smallest absolute Gasteiger partial charge is 0.279 e. The molecule has 5 nitrogen and oxygen atoms in total. The van der Waals surface area contributed by atoms with Gasteiger partial charge in [-0.25, -0.2) is 0 Å². The molecule has 0 radical (unpaired) electrons. The Morgan fingerprint density at radius 3 is 2.55 bits per heavy atom. The number of rotatable bonds is 9. The van der Waals surface area contributed by atoms with Crippen LogP contribution in [-0.4, -0.2) is 45.4 Å². The standard InChI is InChI=1S/C14H31N3O2S/c1-5-9-15-10-6-11-17(4)20(18,19)16-13-7-8-14(2,3)12-13/h13,15-16H,5-12H2,1-4H3. The second kappa shape index (κ2) is 7.73. The molecule has 0 aliphatic heterocycles. The van der Waals surface area contributed by atoms with Crippen LogP contribution in [-0.2, 0) is 10.2 Å². The number of nitrogens with zero attached hydrogens (tertiary/aromatic N) is 1. The Bertz CT molecular complexity index is 382. The molecule has 120 valence electrons. The average molecular weight is 305 g/mol. The van der Waals surface area contributed by atoms with Crippen LogP contribution in [0.1, 0.15) is 52.9 Å². The van der Waals surface area contributed by atoms with E-state index < -0.39 is 10.2 Å². The third-order valence-electron chi connectivity index (χ3n) is 3.95. The van der Waals surface area contributed by atoms with Gasteiger partial charge in [0.15, 0.2) is 0 Å². The molecular formula is C14H31N3O2S. The predicted octanol–water partition coefficient (Wildman–Crippen LogP) is 1.72. The van der Waals surface area contributed by atoms with E-state index in [4.69, 9.17) is 0 Å². The van der Waals surface area contributed by atoms with Crippen molar-refractivity contribution in [3.8, 4) is 0 Å². The fourth-order valence-corrected chi connectivity index (χ4v) is 3.86. The van der Waals surface area contributed by atoms with Gasteiger partial charge in [-0.2, -0.15) is 17.4 Å². The minimum Gasteiger partial charge on any atom is -0.317 e. The van der Waals surface area contributed by atoms with Crippen molar-refractivity contribution in [2.75, 3.05) is 26.7 Å². The van der Waals surface area contributed by atoms with Crippen LogP contribution in [0.5, 0.6) is 0 Å². The van der Waals surface area contributed by atoms with E-state index in [2.05, 4.69) is 30.8 Å². The van der Waals surface area contributed by atoms with E-state index in [-0.39, 0.29) is 11.5 Å². The van der Waals surface area contributed by atoms with E-state index in [1.165, 1.54) is 4.31 Å². The molecule has 0 saturated heterocycles. The van der Waals surface area contributed by atoms with Gasteiger partial charge in [-0.15, -0.1) is 0 Å². The fraction of sp³-hybridized carbons (Fsp3) is 1.00. The SMILES string of the molecule is CCCNCCCN(C)S(=O)(=O)NC1CCC(C)(C)C1. The highest BCUT2D eigenvalue weighted by Crippen LogP contribution is 2.37. The van der Waals surface area contributed by atoms with Gasteiger partial charge in [-0.1, -0.05) is 20.8 Å². The molecule has 1 fully saturated rings. The van der Waals surface area contributed by atoms with Crippen LogP contribution >= 0.6 is 0 Å². The molecule has 1 atom stereocenters. The maximum Gasteiger partial charge on any atom is 0.279 e. The highest BCUT2D eigenvalue weighted by Gasteiger charge is 2.33. The van der Waals surface area contributed by atoms with Gasteiger partial charge in [-0.05, 0) is 50.6 Å². The Hall–Kier alpha value is -0.170. The van der Waals surface area contributed by atoms with Crippen molar-refractivity contribution < 1.29 is 8.42 Å². The van der Waals surface area contributed by atoms with Crippen LogP contribution < -0.4 is 10.0 Å². The Morgan fingerprint density at radius 2 is 2.00 bits per heavy atom. The highest BCUT2D eigenvalue weighted by molar-refractivity contribution is 7.87. The zero-order valence-electron chi connectivity index (χ0n) is 13.4. The molecule has 1 saturated carbocycles. The van der Waals surface area contributed by atoms with Gasteiger partial charge >= 0.3 is 0 Å². The number of hydrogen-bond donors (Lipinski definition) is 2. The van der Waals surface area contributed by atoms with Crippen LogP contribution in [0.3, 0.4) is 0 Å². The molecular weight excluding hydrogens is 274 g/mol. The Balaban J connectivity index is 2.32. The molecule has 1 aliphatic rings. The van der Waals surface area contributed by atoms with Crippen LogP contribution in [0.15, 0.2) is 0 Å². The molecule has 0 bridgehead atoms. The summed E-state index contributed by atoms with van der Waals surface area (Å²) in [5.41, 5.74) is 0.260. The van der Waals surface area contributed by atoms with Gasteiger partial charge < -0.3 is 5.32 Å². The molecule has 0 spiro atoms. The first-order valence-corrected chi connectivity index (χ1v) is 9.15. The molecule has 1 unspecified atom stereocenters. The molecule has 2 N–H and O–H groups in total. The summed E-state index contributed by atoms with van der Waals surface area (Å²) in [6.07, 6.45) is 4.90. The number of hydrogen-bond acceptors (Lipinski definition) is 3. The molecule has 0 aromatic carbocycles. The van der Waals surface area contributed by atoms with Crippen molar-refractivity contribution in [2.45, 2.75) is 58.9 Å². The quantitative estimate of drug-likeness (QED) is 0.638. The second-order valence-corrected chi connectivity index (χ2v) is 8.46. The maximum absolute atomic E-state index is 12.2. The van der Waals surface area contributed by atoms with Crippen LogP contribution in [0.25, 0.3) is 0 Å². The maximum atomic E-state index is 12.2. The van der Waals surface area contributed by atoms with Crippen molar-refractivity contribution in [3.63, 3.8) is 0 Å². The van der Waals surface area contributed by atoms with E-state index in [1.807, 2.05) is 0 Å². The zero-order valence-corrected chi connectivity index (χ0v) is 14.2. The summed E-state index contributed by atoms with van der Waals surface area (Å²) >= 11 is 0. The monoisotopic (exact) mass is 305 g/mol. The van der Waals surface area contributed by atoms with E-state index in [0.29, 0.717) is 6.54 Å². The zero-order chi connectivity index (χ0) is 15.2. The summed E-state index contributed by atoms with van der Waals surface area (Å²) in [6.45, 7) is 8.93. The van der Waals surface area contributed by atoms with Gasteiger partial charge in [0.05, 0.1) is 0 Å². The minimum atomic E-state index is -3.33. The van der Waals surface area contributed by atoms with Crippen molar-refractivity contribution in [2.24, 2.45) is 5.41 Å². The minimum absolute atomic E-state index is 0.0932. The molecule has 0 aromatic heterocycles. The average Bonchev–Trinajstić information content (AvgIpc) is 2.67. The highest BCUT2D eigenvalue weighted by atomic mass is 32.2. The summed E-state index contributed by atoms with van der Waals surface area (Å²) in [4.78, 5) is 0. The fourth-order valence-electron chi connectivity index (χ4n) is 2.69. The van der Waals surface area contributed by atoms with Crippen molar-refractivity contribution in [3.05, 3.63) is 0 Å². The normalized spacial score (nSPS) is 22.6. The van der Waals surface area contributed by atoms with Gasteiger partial charge in [0.2, 0.25) is 0 Å². The van der Waals surface area contributed by atoms with Crippen molar-refractivity contribution >= 4 is 10.2 Å². The lowest BCUT2D eigenvalue weighted by atomic mass is 9.92. The molecule has 6 heteroatoms. The Labute approximate surface area is 124 Å². The van der Waals surface area contributed by atoms with E-state index >= 15 is 0 Å². The lowest BCUT2D eigenvalue weighted by Gasteiger charge is -2.22. The van der Waals surface area contributed by atoms with Gasteiger partial charge in [0.1, 0.15) is 0 Å². The molecule has 0 heterocycles. The van der Waals surface area contributed by atoms with Gasteiger partial charge in [-0.3, -0.25) is 0 Å². The summed E-state index contributed by atoms with van der Waals surface area (Å²) in [7, 11) is -1.68. The van der Waals surface area contributed by atoms with E-state index in [9.17, 15) is 8.42 Å². The van der Waals surface area contributed by atoms with Crippen LogP contribution in [0, 0.1) is 5.41 Å². The molecule has 1 aliphatic carbocycles. The number of nitrogens with one attached hydrogen (secondary N) is 2. The second-order valence-electron chi connectivity index (χ2n) is 6.65. The van der Waals surface area contributed by atoms with Gasteiger partial charge in [0.25, 0.3) is 10.2 Å².